The summed E-state index contributed by atoms with van der Waals surface area (Å²) >= 11 is 0. The van der Waals surface area contributed by atoms with Crippen molar-refractivity contribution in [1.29, 1.82) is 0 Å². The van der Waals surface area contributed by atoms with Crippen LogP contribution in [-0.2, 0) is 30.7 Å². The van der Waals surface area contributed by atoms with Crippen molar-refractivity contribution in [2.75, 3.05) is 13.1 Å². The highest BCUT2D eigenvalue weighted by atomic mass is 16.5. The molecule has 0 saturated carbocycles. The Kier molecular flexibility index (Phi) is 5.10. The van der Waals surface area contributed by atoms with Gasteiger partial charge in [-0.15, -0.1) is 0 Å². The lowest BCUT2D eigenvalue weighted by atomic mass is 9.88. The zero-order chi connectivity index (χ0) is 18.1. The number of pyridine rings is 1. The van der Waals surface area contributed by atoms with Gasteiger partial charge in [-0.1, -0.05) is 44.2 Å². The van der Waals surface area contributed by atoms with Crippen LogP contribution >= 0.6 is 0 Å². The minimum Gasteiger partial charge on any atom is -0.373 e. The highest BCUT2D eigenvalue weighted by molar-refractivity contribution is 5.66. The number of rotatable bonds is 4. The number of ether oxygens (including phenoxy) is 1. The van der Waals surface area contributed by atoms with Gasteiger partial charge in [0.1, 0.15) is 0 Å². The molecule has 0 aliphatic carbocycles. The lowest BCUT2D eigenvalue weighted by molar-refractivity contribution is 0.0397. The van der Waals surface area contributed by atoms with Crippen molar-refractivity contribution in [3.8, 4) is 11.3 Å². The molecule has 0 bridgehead atoms. The highest BCUT2D eigenvalue weighted by Crippen LogP contribution is 2.35. The third-order valence-corrected chi connectivity index (χ3v) is 5.73. The summed E-state index contributed by atoms with van der Waals surface area (Å²) in [5.41, 5.74) is 8.00. The second-order valence-electron chi connectivity index (χ2n) is 8.24. The Balaban J connectivity index is 1.73. The maximum atomic E-state index is 6.05. The van der Waals surface area contributed by atoms with Crippen LogP contribution in [0.15, 0.2) is 30.3 Å². The van der Waals surface area contributed by atoms with E-state index in [2.05, 4.69) is 56.0 Å². The first-order valence-corrected chi connectivity index (χ1v) is 10.0. The van der Waals surface area contributed by atoms with E-state index in [1.54, 1.807) is 0 Å². The fourth-order valence-corrected chi connectivity index (χ4v) is 4.16. The van der Waals surface area contributed by atoms with Gasteiger partial charge in [0.2, 0.25) is 0 Å². The molecule has 0 fully saturated rings. The predicted molar refractivity (Wildman–Crippen MR) is 106 cm³/mol. The van der Waals surface area contributed by atoms with Crippen molar-refractivity contribution in [3.05, 3.63) is 52.7 Å². The lowest BCUT2D eigenvalue weighted by Crippen LogP contribution is -2.35. The Labute approximate surface area is 157 Å². The molecule has 1 atom stereocenters. The zero-order valence-corrected chi connectivity index (χ0v) is 16.3. The van der Waals surface area contributed by atoms with Gasteiger partial charge in [0, 0.05) is 37.2 Å². The average Bonchev–Trinajstić information content (AvgIpc) is 2.66. The molecule has 2 aliphatic rings. The predicted octanol–water partition coefficient (Wildman–Crippen LogP) is 4.61. The van der Waals surface area contributed by atoms with Crippen LogP contribution < -0.4 is 0 Å². The second kappa shape index (κ2) is 7.50. The fourth-order valence-electron chi connectivity index (χ4n) is 4.16. The molecule has 3 heterocycles. The molecule has 2 aromatic rings. The first-order valence-electron chi connectivity index (χ1n) is 10.0. The SMILES string of the molecule is CC(C)CCN1CCc2nc(-c3ccccc3)c3c(c2C1)CO[C@@H](C)C3. The first-order chi connectivity index (χ1) is 12.6. The molecule has 0 amide bonds. The molecule has 0 unspecified atom stereocenters. The van der Waals surface area contributed by atoms with Crippen molar-refractivity contribution < 1.29 is 4.74 Å². The molecule has 26 heavy (non-hydrogen) atoms. The Morgan fingerprint density at radius 1 is 1.15 bits per heavy atom. The van der Waals surface area contributed by atoms with Crippen molar-refractivity contribution >= 4 is 0 Å². The van der Waals surface area contributed by atoms with Crippen LogP contribution in [0.3, 0.4) is 0 Å². The van der Waals surface area contributed by atoms with Gasteiger partial charge in [-0.3, -0.25) is 9.88 Å². The monoisotopic (exact) mass is 350 g/mol. The normalized spacial score (nSPS) is 20.1. The van der Waals surface area contributed by atoms with E-state index in [0.717, 1.165) is 38.5 Å². The lowest BCUT2D eigenvalue weighted by Gasteiger charge is -2.34. The van der Waals surface area contributed by atoms with Gasteiger partial charge in [0.25, 0.3) is 0 Å². The molecule has 0 N–H and O–H groups in total. The summed E-state index contributed by atoms with van der Waals surface area (Å²) in [7, 11) is 0. The van der Waals surface area contributed by atoms with E-state index < -0.39 is 0 Å². The van der Waals surface area contributed by atoms with Crippen molar-refractivity contribution in [2.24, 2.45) is 5.92 Å². The molecule has 2 aliphatic heterocycles. The molecule has 0 saturated heterocycles. The number of hydrogen-bond acceptors (Lipinski definition) is 3. The summed E-state index contributed by atoms with van der Waals surface area (Å²) in [5.74, 6) is 0.757. The van der Waals surface area contributed by atoms with Gasteiger partial charge in [-0.25, -0.2) is 0 Å². The Morgan fingerprint density at radius 2 is 1.96 bits per heavy atom. The number of aromatic nitrogens is 1. The van der Waals surface area contributed by atoms with Gasteiger partial charge >= 0.3 is 0 Å². The summed E-state index contributed by atoms with van der Waals surface area (Å²) in [6, 6.07) is 10.7. The standard InChI is InChI=1S/C23H30N2O/c1-16(2)9-11-25-12-10-22-20(14-25)21-15-26-17(3)13-19(21)23(24-22)18-7-5-4-6-8-18/h4-8,16-17H,9-15H2,1-3H3/t17-/m0/s1. The minimum absolute atomic E-state index is 0.269. The third-order valence-electron chi connectivity index (χ3n) is 5.73. The summed E-state index contributed by atoms with van der Waals surface area (Å²) in [4.78, 5) is 7.78. The molecule has 4 rings (SSSR count). The molecule has 1 aromatic carbocycles. The maximum absolute atomic E-state index is 6.05. The number of hydrogen-bond donors (Lipinski definition) is 0. The van der Waals surface area contributed by atoms with Crippen molar-refractivity contribution in [1.82, 2.24) is 9.88 Å². The highest BCUT2D eigenvalue weighted by Gasteiger charge is 2.28. The van der Waals surface area contributed by atoms with Crippen LogP contribution in [0, 0.1) is 5.92 Å². The quantitative estimate of drug-likeness (QED) is 0.805. The van der Waals surface area contributed by atoms with Crippen LogP contribution in [0.5, 0.6) is 0 Å². The molecule has 138 valence electrons. The van der Waals surface area contributed by atoms with Crippen molar-refractivity contribution in [3.63, 3.8) is 0 Å². The van der Waals surface area contributed by atoms with E-state index in [4.69, 9.17) is 9.72 Å². The van der Waals surface area contributed by atoms with E-state index in [0.29, 0.717) is 0 Å². The smallest absolute Gasteiger partial charge is 0.0742 e. The summed E-state index contributed by atoms with van der Waals surface area (Å²) < 4.78 is 6.05. The maximum Gasteiger partial charge on any atom is 0.0742 e. The van der Waals surface area contributed by atoms with Gasteiger partial charge in [0.15, 0.2) is 0 Å². The molecular formula is C23H30N2O. The van der Waals surface area contributed by atoms with Crippen LogP contribution in [0.1, 0.15) is 49.6 Å². The number of benzene rings is 1. The molecule has 3 heteroatoms. The van der Waals surface area contributed by atoms with Gasteiger partial charge in [0.05, 0.1) is 18.4 Å². The Morgan fingerprint density at radius 3 is 2.73 bits per heavy atom. The topological polar surface area (TPSA) is 25.4 Å². The van der Waals surface area contributed by atoms with Crippen LogP contribution in [0.4, 0.5) is 0 Å². The summed E-state index contributed by atoms with van der Waals surface area (Å²) in [6.45, 7) is 10.9. The molecule has 3 nitrogen and oxygen atoms in total. The molecular weight excluding hydrogens is 320 g/mol. The van der Waals surface area contributed by atoms with Crippen LogP contribution in [0.25, 0.3) is 11.3 Å². The first kappa shape index (κ1) is 17.7. The average molecular weight is 351 g/mol. The largest absolute Gasteiger partial charge is 0.373 e. The molecule has 0 radical (unpaired) electrons. The van der Waals surface area contributed by atoms with Gasteiger partial charge in [-0.05, 0) is 42.5 Å². The number of fused-ring (bicyclic) bond motifs is 3. The van der Waals surface area contributed by atoms with E-state index in [9.17, 15) is 0 Å². The zero-order valence-electron chi connectivity index (χ0n) is 16.3. The van der Waals surface area contributed by atoms with Crippen molar-refractivity contribution in [2.45, 2.75) is 59.3 Å². The van der Waals surface area contributed by atoms with Gasteiger partial charge in [-0.2, -0.15) is 0 Å². The Hall–Kier alpha value is -1.71. The van der Waals surface area contributed by atoms with E-state index in [1.165, 1.54) is 46.6 Å². The Bertz CT molecular complexity index is 770. The minimum atomic E-state index is 0.269. The van der Waals surface area contributed by atoms with Crippen LogP contribution in [0.2, 0.25) is 0 Å². The van der Waals surface area contributed by atoms with E-state index in [-0.39, 0.29) is 6.10 Å². The molecule has 1 aromatic heterocycles. The summed E-state index contributed by atoms with van der Waals surface area (Å²) in [6.07, 6.45) is 3.55. The third kappa shape index (κ3) is 3.56. The summed E-state index contributed by atoms with van der Waals surface area (Å²) in [5, 5.41) is 0. The molecule has 0 spiro atoms. The van der Waals surface area contributed by atoms with Crippen LogP contribution in [-0.4, -0.2) is 29.1 Å². The number of nitrogens with zero attached hydrogens (tertiary/aromatic N) is 2. The van der Waals surface area contributed by atoms with E-state index in [1.807, 2.05) is 0 Å². The second-order valence-corrected chi connectivity index (χ2v) is 8.24. The van der Waals surface area contributed by atoms with Gasteiger partial charge < -0.3 is 4.74 Å². The van der Waals surface area contributed by atoms with E-state index >= 15 is 0 Å². The fraction of sp³-hybridized carbons (Fsp3) is 0.522.